The van der Waals surface area contributed by atoms with Crippen molar-refractivity contribution in [2.45, 2.75) is 13.1 Å². The van der Waals surface area contributed by atoms with Crippen LogP contribution in [0.5, 0.6) is 5.75 Å². The van der Waals surface area contributed by atoms with E-state index in [9.17, 15) is 9.59 Å². The molecule has 5 rings (SSSR count). The molecule has 1 aliphatic heterocycles. The zero-order valence-corrected chi connectivity index (χ0v) is 21.1. The predicted octanol–water partition coefficient (Wildman–Crippen LogP) is 6.58. The van der Waals surface area contributed by atoms with Crippen LogP contribution in [-0.4, -0.2) is 23.8 Å². The SMILES string of the molecule is CN(Cc1ccccc1)C(=O)c1ccc(C=C2Oc3ccccc3N(Cc3ccc(Cl)cc3)C2=O)cc1. The molecule has 0 fully saturated rings. The number of ether oxygens (including phenoxy) is 1. The van der Waals surface area contributed by atoms with E-state index in [0.717, 1.165) is 16.7 Å². The van der Waals surface area contributed by atoms with Crippen molar-refractivity contribution in [1.29, 1.82) is 0 Å². The maximum Gasteiger partial charge on any atom is 0.294 e. The third-order valence-corrected chi connectivity index (χ3v) is 6.40. The third-order valence-electron chi connectivity index (χ3n) is 6.15. The number of hydrogen-bond donors (Lipinski definition) is 0. The molecule has 184 valence electrons. The van der Waals surface area contributed by atoms with E-state index in [4.69, 9.17) is 16.3 Å². The fourth-order valence-electron chi connectivity index (χ4n) is 4.21. The first-order valence-electron chi connectivity index (χ1n) is 11.9. The highest BCUT2D eigenvalue weighted by atomic mass is 35.5. The highest BCUT2D eigenvalue weighted by Gasteiger charge is 2.30. The minimum absolute atomic E-state index is 0.0730. The fourth-order valence-corrected chi connectivity index (χ4v) is 4.34. The molecule has 0 saturated carbocycles. The summed E-state index contributed by atoms with van der Waals surface area (Å²) in [6.45, 7) is 0.908. The number of carbonyl (C=O) groups is 2. The van der Waals surface area contributed by atoms with Crippen molar-refractivity contribution in [3.05, 3.63) is 136 Å². The summed E-state index contributed by atoms with van der Waals surface area (Å²) in [5.41, 5.74) is 4.07. The number of para-hydroxylation sites is 2. The van der Waals surface area contributed by atoms with Crippen molar-refractivity contribution in [1.82, 2.24) is 4.90 Å². The number of benzene rings is 4. The van der Waals surface area contributed by atoms with E-state index in [1.807, 2.05) is 91.0 Å². The van der Waals surface area contributed by atoms with Crippen LogP contribution in [0.25, 0.3) is 6.08 Å². The van der Waals surface area contributed by atoms with E-state index in [1.54, 1.807) is 35.1 Å². The van der Waals surface area contributed by atoms with E-state index >= 15 is 0 Å². The Hall–Kier alpha value is -4.35. The van der Waals surface area contributed by atoms with Crippen LogP contribution in [0.2, 0.25) is 5.02 Å². The molecular formula is C31H25ClN2O3. The molecule has 2 amide bonds. The van der Waals surface area contributed by atoms with Crippen LogP contribution in [0.15, 0.2) is 109 Å². The van der Waals surface area contributed by atoms with Crippen LogP contribution in [0.1, 0.15) is 27.0 Å². The second-order valence-electron chi connectivity index (χ2n) is 8.86. The van der Waals surface area contributed by atoms with E-state index in [-0.39, 0.29) is 17.6 Å². The van der Waals surface area contributed by atoms with Gasteiger partial charge in [0.25, 0.3) is 11.8 Å². The number of fused-ring (bicyclic) bond motifs is 1. The van der Waals surface area contributed by atoms with Crippen LogP contribution in [-0.2, 0) is 17.9 Å². The fraction of sp³-hybridized carbons (Fsp3) is 0.0968. The predicted molar refractivity (Wildman–Crippen MR) is 146 cm³/mol. The molecule has 0 radical (unpaired) electrons. The molecule has 0 saturated heterocycles. The van der Waals surface area contributed by atoms with Crippen molar-refractivity contribution in [2.24, 2.45) is 0 Å². The average Bonchev–Trinajstić information content (AvgIpc) is 2.92. The normalized spacial score (nSPS) is 13.7. The highest BCUT2D eigenvalue weighted by Crippen LogP contribution is 2.36. The molecule has 0 N–H and O–H groups in total. The van der Waals surface area contributed by atoms with Gasteiger partial charge in [-0.1, -0.05) is 78.3 Å². The molecule has 0 unspecified atom stereocenters. The van der Waals surface area contributed by atoms with Crippen LogP contribution in [0, 0.1) is 0 Å². The minimum Gasteiger partial charge on any atom is -0.449 e. The minimum atomic E-state index is -0.239. The molecule has 0 atom stereocenters. The van der Waals surface area contributed by atoms with Gasteiger partial charge in [-0.3, -0.25) is 14.5 Å². The van der Waals surface area contributed by atoms with Gasteiger partial charge in [0.15, 0.2) is 11.5 Å². The Morgan fingerprint density at radius 1 is 0.865 bits per heavy atom. The van der Waals surface area contributed by atoms with Crippen LogP contribution in [0.3, 0.4) is 0 Å². The molecule has 4 aromatic rings. The number of nitrogens with zero attached hydrogens (tertiary/aromatic N) is 2. The van der Waals surface area contributed by atoms with Gasteiger partial charge in [-0.05, 0) is 59.2 Å². The van der Waals surface area contributed by atoms with Gasteiger partial charge in [-0.2, -0.15) is 0 Å². The molecular weight excluding hydrogens is 484 g/mol. The molecule has 0 bridgehead atoms. The standard InChI is InChI=1S/C31H25ClN2O3/c1-33(20-23-7-3-2-4-8-23)30(35)25-15-11-22(12-16-25)19-29-31(36)34(21-24-13-17-26(32)18-14-24)27-9-5-6-10-28(27)37-29/h2-19H,20-21H2,1H3. The van der Waals surface area contributed by atoms with Gasteiger partial charge in [0.05, 0.1) is 12.2 Å². The quantitative estimate of drug-likeness (QED) is 0.276. The zero-order valence-electron chi connectivity index (χ0n) is 20.3. The Bertz CT molecular complexity index is 1450. The second-order valence-corrected chi connectivity index (χ2v) is 9.30. The molecule has 1 aliphatic rings. The van der Waals surface area contributed by atoms with Crippen LogP contribution >= 0.6 is 11.6 Å². The van der Waals surface area contributed by atoms with E-state index in [1.165, 1.54) is 0 Å². The van der Waals surface area contributed by atoms with Crippen molar-refractivity contribution < 1.29 is 14.3 Å². The van der Waals surface area contributed by atoms with Gasteiger partial charge < -0.3 is 9.64 Å². The Balaban J connectivity index is 1.35. The zero-order chi connectivity index (χ0) is 25.8. The van der Waals surface area contributed by atoms with Crippen LogP contribution in [0.4, 0.5) is 5.69 Å². The van der Waals surface area contributed by atoms with Gasteiger partial charge in [-0.25, -0.2) is 0 Å². The summed E-state index contributed by atoms with van der Waals surface area (Å²) in [5, 5.41) is 0.645. The molecule has 0 aromatic heterocycles. The van der Waals surface area contributed by atoms with Crippen molar-refractivity contribution >= 4 is 35.2 Å². The lowest BCUT2D eigenvalue weighted by atomic mass is 10.1. The molecule has 37 heavy (non-hydrogen) atoms. The summed E-state index contributed by atoms with van der Waals surface area (Å²) in [4.78, 5) is 29.7. The summed E-state index contributed by atoms with van der Waals surface area (Å²) in [6.07, 6.45) is 1.70. The maximum absolute atomic E-state index is 13.4. The molecule has 1 heterocycles. The molecule has 0 spiro atoms. The topological polar surface area (TPSA) is 49.9 Å². The summed E-state index contributed by atoms with van der Waals surface area (Å²) in [6, 6.07) is 31.9. The maximum atomic E-state index is 13.4. The first-order valence-corrected chi connectivity index (χ1v) is 12.3. The number of rotatable bonds is 6. The second kappa shape index (κ2) is 10.7. The number of hydrogen-bond acceptors (Lipinski definition) is 3. The van der Waals surface area contributed by atoms with Gasteiger partial charge in [-0.15, -0.1) is 0 Å². The lowest BCUT2D eigenvalue weighted by Crippen LogP contribution is -2.36. The summed E-state index contributed by atoms with van der Waals surface area (Å²) >= 11 is 6.03. The molecule has 4 aromatic carbocycles. The van der Waals surface area contributed by atoms with Crippen LogP contribution < -0.4 is 9.64 Å². The first-order chi connectivity index (χ1) is 18.0. The highest BCUT2D eigenvalue weighted by molar-refractivity contribution is 6.30. The summed E-state index contributed by atoms with van der Waals surface area (Å²) in [5.74, 6) is 0.511. The Morgan fingerprint density at radius 3 is 2.27 bits per heavy atom. The van der Waals surface area contributed by atoms with Gasteiger partial charge in [0.1, 0.15) is 0 Å². The number of halogens is 1. The van der Waals surface area contributed by atoms with Crippen molar-refractivity contribution in [2.75, 3.05) is 11.9 Å². The van der Waals surface area contributed by atoms with E-state index < -0.39 is 0 Å². The lowest BCUT2D eigenvalue weighted by Gasteiger charge is -2.30. The largest absolute Gasteiger partial charge is 0.449 e. The van der Waals surface area contributed by atoms with Gasteiger partial charge in [0.2, 0.25) is 0 Å². The third kappa shape index (κ3) is 5.57. The van der Waals surface area contributed by atoms with Crippen molar-refractivity contribution in [3.63, 3.8) is 0 Å². The molecule has 6 heteroatoms. The van der Waals surface area contributed by atoms with Crippen molar-refractivity contribution in [3.8, 4) is 5.75 Å². The van der Waals surface area contributed by atoms with E-state index in [0.29, 0.717) is 35.1 Å². The molecule has 5 nitrogen and oxygen atoms in total. The number of anilines is 1. The first kappa shape index (κ1) is 24.3. The van der Waals surface area contributed by atoms with Gasteiger partial charge >= 0.3 is 0 Å². The van der Waals surface area contributed by atoms with E-state index in [2.05, 4.69) is 0 Å². The monoisotopic (exact) mass is 508 g/mol. The van der Waals surface area contributed by atoms with Gasteiger partial charge in [0, 0.05) is 24.2 Å². The lowest BCUT2D eigenvalue weighted by molar-refractivity contribution is -0.117. The number of amides is 2. The smallest absolute Gasteiger partial charge is 0.294 e. The average molecular weight is 509 g/mol. The Kier molecular flexibility index (Phi) is 7.06. The Morgan fingerprint density at radius 2 is 1.54 bits per heavy atom. The summed E-state index contributed by atoms with van der Waals surface area (Å²) in [7, 11) is 1.78. The Labute approximate surface area is 221 Å². The number of carbonyl (C=O) groups excluding carboxylic acids is 2. The summed E-state index contributed by atoms with van der Waals surface area (Å²) < 4.78 is 5.99. The molecule has 0 aliphatic carbocycles.